The van der Waals surface area contributed by atoms with Crippen molar-refractivity contribution >= 4 is 40.7 Å². The lowest BCUT2D eigenvalue weighted by Crippen LogP contribution is -2.12. The van der Waals surface area contributed by atoms with E-state index in [2.05, 4.69) is 10.2 Å². The van der Waals surface area contributed by atoms with Crippen molar-refractivity contribution in [3.63, 3.8) is 0 Å². The van der Waals surface area contributed by atoms with Gasteiger partial charge in [-0.3, -0.25) is 5.41 Å². The van der Waals surface area contributed by atoms with Gasteiger partial charge in [-0.2, -0.15) is 0 Å². The zero-order valence-electron chi connectivity index (χ0n) is 9.31. The summed E-state index contributed by atoms with van der Waals surface area (Å²) in [6.07, 6.45) is 1.92. The minimum absolute atomic E-state index is 0.161. The molecule has 0 bridgehead atoms. The third kappa shape index (κ3) is 3.01. The van der Waals surface area contributed by atoms with E-state index < -0.39 is 5.82 Å². The molecule has 0 saturated carbocycles. The van der Waals surface area contributed by atoms with E-state index in [1.807, 2.05) is 6.26 Å². The maximum absolute atomic E-state index is 13.1. The molecule has 0 aliphatic carbocycles. The summed E-state index contributed by atoms with van der Waals surface area (Å²) < 4.78 is 14.7. The first-order valence-electron chi connectivity index (χ1n) is 4.79. The van der Waals surface area contributed by atoms with Crippen LogP contribution in [0.5, 0.6) is 0 Å². The lowest BCUT2D eigenvalue weighted by molar-refractivity contribution is 0.626. The summed E-state index contributed by atoms with van der Waals surface area (Å²) >= 11 is 4.30. The number of nitrogens with zero attached hydrogens (tertiary/aromatic N) is 2. The lowest BCUT2D eigenvalue weighted by atomic mass is 10.2. The number of nitrogens with two attached hydrogens (primary N) is 1. The Bertz CT molecular complexity index is 584. The number of amidine groups is 1. The highest BCUT2D eigenvalue weighted by Crippen LogP contribution is 2.34. The molecule has 0 aliphatic rings. The van der Waals surface area contributed by atoms with Gasteiger partial charge < -0.3 is 5.73 Å². The summed E-state index contributed by atoms with van der Waals surface area (Å²) in [5, 5.41) is 15.4. The van der Waals surface area contributed by atoms with Gasteiger partial charge in [0.1, 0.15) is 11.7 Å². The third-order valence-corrected chi connectivity index (χ3v) is 5.02. The first kappa shape index (κ1) is 13.3. The first-order chi connectivity index (χ1) is 8.60. The number of hydrogen-bond donors (Lipinski definition) is 2. The SMILES string of the molecule is CSc1nnc(Sc2ccc(F)cc2C(=N)N)s1. The van der Waals surface area contributed by atoms with Gasteiger partial charge in [0.05, 0.1) is 0 Å². The van der Waals surface area contributed by atoms with Gasteiger partial charge in [0.2, 0.25) is 0 Å². The van der Waals surface area contributed by atoms with Crippen molar-refractivity contribution in [3.8, 4) is 0 Å². The Labute approximate surface area is 116 Å². The van der Waals surface area contributed by atoms with Crippen LogP contribution >= 0.6 is 34.9 Å². The lowest BCUT2D eigenvalue weighted by Gasteiger charge is -2.05. The van der Waals surface area contributed by atoms with E-state index in [0.29, 0.717) is 10.5 Å². The topological polar surface area (TPSA) is 75.7 Å². The van der Waals surface area contributed by atoms with Gasteiger partial charge in [-0.25, -0.2) is 4.39 Å². The maximum Gasteiger partial charge on any atom is 0.179 e. The van der Waals surface area contributed by atoms with Gasteiger partial charge >= 0.3 is 0 Å². The highest BCUT2D eigenvalue weighted by molar-refractivity contribution is 8.03. The van der Waals surface area contributed by atoms with Gasteiger partial charge in [0.25, 0.3) is 0 Å². The quantitative estimate of drug-likeness (QED) is 0.516. The van der Waals surface area contributed by atoms with Crippen molar-refractivity contribution in [2.24, 2.45) is 5.73 Å². The number of hydrogen-bond acceptors (Lipinski definition) is 6. The van der Waals surface area contributed by atoms with Crippen LogP contribution in [0.25, 0.3) is 0 Å². The molecule has 18 heavy (non-hydrogen) atoms. The van der Waals surface area contributed by atoms with Crippen LogP contribution in [0.3, 0.4) is 0 Å². The van der Waals surface area contributed by atoms with Crippen molar-refractivity contribution in [2.45, 2.75) is 13.6 Å². The molecule has 0 atom stereocenters. The van der Waals surface area contributed by atoms with Crippen LogP contribution in [0.1, 0.15) is 5.56 Å². The molecular formula is C10H9FN4S3. The third-order valence-electron chi connectivity index (χ3n) is 1.99. The van der Waals surface area contributed by atoms with Crippen LogP contribution in [0.15, 0.2) is 31.8 Å². The van der Waals surface area contributed by atoms with E-state index in [1.165, 1.54) is 47.0 Å². The number of thioether (sulfide) groups is 1. The molecule has 0 amide bonds. The Hall–Kier alpha value is -1.12. The highest BCUT2D eigenvalue weighted by Gasteiger charge is 2.11. The number of rotatable bonds is 4. The summed E-state index contributed by atoms with van der Waals surface area (Å²) in [5.74, 6) is -0.571. The van der Waals surface area contributed by atoms with Crippen LogP contribution in [-0.2, 0) is 0 Å². The van der Waals surface area contributed by atoms with E-state index in [-0.39, 0.29) is 5.84 Å². The van der Waals surface area contributed by atoms with E-state index in [1.54, 1.807) is 6.07 Å². The van der Waals surface area contributed by atoms with Crippen molar-refractivity contribution in [1.29, 1.82) is 5.41 Å². The molecule has 1 heterocycles. The molecule has 0 radical (unpaired) electrons. The molecular weight excluding hydrogens is 291 g/mol. The van der Waals surface area contributed by atoms with Crippen molar-refractivity contribution in [3.05, 3.63) is 29.6 Å². The summed E-state index contributed by atoms with van der Waals surface area (Å²) in [6.45, 7) is 0. The number of benzene rings is 1. The average molecular weight is 300 g/mol. The fraction of sp³-hybridized carbons (Fsp3) is 0.100. The molecule has 2 aromatic rings. The molecule has 0 unspecified atom stereocenters. The van der Waals surface area contributed by atoms with Crippen molar-refractivity contribution in [1.82, 2.24) is 10.2 Å². The summed E-state index contributed by atoms with van der Waals surface area (Å²) in [4.78, 5) is 0.702. The zero-order chi connectivity index (χ0) is 13.1. The second-order valence-corrected chi connectivity index (χ2v) is 6.51. The van der Waals surface area contributed by atoms with Gasteiger partial charge in [-0.05, 0) is 24.5 Å². The van der Waals surface area contributed by atoms with Crippen LogP contribution in [0, 0.1) is 11.2 Å². The van der Waals surface area contributed by atoms with E-state index >= 15 is 0 Å². The number of aromatic nitrogens is 2. The van der Waals surface area contributed by atoms with Crippen LogP contribution in [0.2, 0.25) is 0 Å². The van der Waals surface area contributed by atoms with Gasteiger partial charge in [0, 0.05) is 10.5 Å². The molecule has 2 rings (SSSR count). The second-order valence-electron chi connectivity index (χ2n) is 3.19. The normalized spacial score (nSPS) is 10.6. The number of nitrogen functional groups attached to an aromatic ring is 1. The Morgan fingerprint density at radius 3 is 2.72 bits per heavy atom. The second kappa shape index (κ2) is 5.68. The molecule has 0 saturated heterocycles. The summed E-state index contributed by atoms with van der Waals surface area (Å²) in [7, 11) is 0. The van der Waals surface area contributed by atoms with Gasteiger partial charge in [0.15, 0.2) is 8.68 Å². The molecule has 0 aliphatic heterocycles. The monoisotopic (exact) mass is 300 g/mol. The Kier molecular flexibility index (Phi) is 4.20. The summed E-state index contributed by atoms with van der Waals surface area (Å²) in [5.41, 5.74) is 5.81. The van der Waals surface area contributed by atoms with Crippen molar-refractivity contribution < 1.29 is 4.39 Å². The number of halogens is 1. The van der Waals surface area contributed by atoms with Crippen molar-refractivity contribution in [2.75, 3.05) is 6.26 Å². The number of nitrogens with one attached hydrogen (secondary N) is 1. The van der Waals surface area contributed by atoms with Gasteiger partial charge in [-0.1, -0.05) is 34.9 Å². The standard InChI is InChI=1S/C10H9FN4S3/c1-16-9-14-15-10(18-9)17-7-3-2-5(11)4-6(7)8(12)13/h2-4H,1H3,(H3,12,13). The minimum atomic E-state index is -0.411. The predicted molar refractivity (Wildman–Crippen MR) is 73.2 cm³/mol. The maximum atomic E-state index is 13.1. The fourth-order valence-electron chi connectivity index (χ4n) is 1.22. The largest absolute Gasteiger partial charge is 0.384 e. The predicted octanol–water partition coefficient (Wildman–Crippen LogP) is 2.83. The molecule has 0 fully saturated rings. The summed E-state index contributed by atoms with van der Waals surface area (Å²) in [6, 6.07) is 4.18. The smallest absolute Gasteiger partial charge is 0.179 e. The van der Waals surface area contributed by atoms with Crippen LogP contribution in [-0.4, -0.2) is 22.3 Å². The molecule has 8 heteroatoms. The molecule has 1 aromatic heterocycles. The molecule has 0 spiro atoms. The molecule has 4 nitrogen and oxygen atoms in total. The Morgan fingerprint density at radius 1 is 1.39 bits per heavy atom. The Morgan fingerprint density at radius 2 is 2.11 bits per heavy atom. The van der Waals surface area contributed by atoms with Crippen LogP contribution in [0.4, 0.5) is 4.39 Å². The average Bonchev–Trinajstić information content (AvgIpc) is 2.79. The zero-order valence-corrected chi connectivity index (χ0v) is 11.8. The molecule has 3 N–H and O–H groups in total. The molecule has 94 valence electrons. The highest BCUT2D eigenvalue weighted by atomic mass is 32.2. The Balaban J connectivity index is 2.30. The fourth-order valence-corrected chi connectivity index (χ4v) is 3.74. The van der Waals surface area contributed by atoms with Gasteiger partial charge in [-0.15, -0.1) is 10.2 Å². The first-order valence-corrected chi connectivity index (χ1v) is 7.65. The van der Waals surface area contributed by atoms with E-state index in [9.17, 15) is 4.39 Å². The minimum Gasteiger partial charge on any atom is -0.384 e. The molecule has 1 aromatic carbocycles. The van der Waals surface area contributed by atoms with Crippen LogP contribution < -0.4 is 5.73 Å². The van der Waals surface area contributed by atoms with E-state index in [4.69, 9.17) is 11.1 Å². The van der Waals surface area contributed by atoms with E-state index in [0.717, 1.165) is 8.68 Å².